The second kappa shape index (κ2) is 7.98. The summed E-state index contributed by atoms with van der Waals surface area (Å²) in [6, 6.07) is 6.77. The molecule has 0 bridgehead atoms. The molecule has 0 aliphatic carbocycles. The first-order valence-electron chi connectivity index (χ1n) is 8.17. The van der Waals surface area contributed by atoms with E-state index in [0.717, 1.165) is 25.0 Å². The minimum atomic E-state index is -3.60. The number of hydrogen-bond donors (Lipinski definition) is 0. The molecule has 1 aliphatic rings. The van der Waals surface area contributed by atoms with E-state index in [0.29, 0.717) is 13.1 Å². The molecule has 0 aromatic heterocycles. The summed E-state index contributed by atoms with van der Waals surface area (Å²) < 4.78 is 34.1. The van der Waals surface area contributed by atoms with E-state index in [4.69, 9.17) is 8.92 Å². The Labute approximate surface area is 143 Å². The molecule has 6 nitrogen and oxygen atoms in total. The first-order valence-corrected chi connectivity index (χ1v) is 9.64. The fourth-order valence-electron chi connectivity index (χ4n) is 2.44. The molecule has 1 fully saturated rings. The van der Waals surface area contributed by atoms with Crippen LogP contribution in [0.3, 0.4) is 0 Å². The van der Waals surface area contributed by atoms with Crippen molar-refractivity contribution < 1.29 is 22.1 Å². The van der Waals surface area contributed by atoms with Gasteiger partial charge in [-0.1, -0.05) is 12.1 Å². The molecule has 1 aromatic carbocycles. The lowest BCUT2D eigenvalue weighted by atomic mass is 10.1. The van der Waals surface area contributed by atoms with Crippen LogP contribution < -0.4 is 4.18 Å². The van der Waals surface area contributed by atoms with Gasteiger partial charge in [-0.25, -0.2) is 0 Å². The lowest BCUT2D eigenvalue weighted by molar-refractivity contribution is -0.131. The fraction of sp³-hybridized carbons (Fsp3) is 0.588. The van der Waals surface area contributed by atoms with Crippen LogP contribution in [-0.4, -0.2) is 43.7 Å². The Hall–Kier alpha value is -1.60. The van der Waals surface area contributed by atoms with Gasteiger partial charge in [0, 0.05) is 26.6 Å². The Bertz CT molecular complexity index is 648. The van der Waals surface area contributed by atoms with Crippen LogP contribution in [-0.2, 0) is 26.2 Å². The van der Waals surface area contributed by atoms with Crippen LogP contribution in [0, 0.1) is 0 Å². The third-order valence-corrected chi connectivity index (χ3v) is 5.56. The zero-order chi connectivity index (χ0) is 17.7. The average molecular weight is 355 g/mol. The van der Waals surface area contributed by atoms with E-state index in [1.54, 1.807) is 49.9 Å². The summed E-state index contributed by atoms with van der Waals surface area (Å²) in [5.74, 6) is 0.272. The highest BCUT2D eigenvalue weighted by Crippen LogP contribution is 2.19. The smallest absolute Gasteiger partial charge is 0.311 e. The lowest BCUT2D eigenvalue weighted by Crippen LogP contribution is -2.35. The van der Waals surface area contributed by atoms with Crippen molar-refractivity contribution in [1.29, 1.82) is 0 Å². The minimum Gasteiger partial charge on any atom is -0.382 e. The van der Waals surface area contributed by atoms with Crippen LogP contribution in [0.25, 0.3) is 0 Å². The molecule has 0 unspecified atom stereocenters. The summed E-state index contributed by atoms with van der Waals surface area (Å²) in [4.78, 5) is 13.6. The second-order valence-corrected chi connectivity index (χ2v) is 8.40. The summed E-state index contributed by atoms with van der Waals surface area (Å²) in [5.41, 5.74) is 0.914. The van der Waals surface area contributed by atoms with Gasteiger partial charge in [-0.2, -0.15) is 8.42 Å². The average Bonchev–Trinajstić information content (AvgIpc) is 3.01. The van der Waals surface area contributed by atoms with Gasteiger partial charge in [-0.05, 0) is 44.4 Å². The standard InChI is InChI=1S/C17H25NO5S/c1-13(2)24(20,21)23-16-8-6-15(7-9-16)11-18(14(3)19)12-17-5-4-10-22-17/h6-9,13,17H,4-5,10-12H2,1-3H3/t17-/m1/s1. The molecule has 1 amide bonds. The molecule has 0 radical (unpaired) electrons. The van der Waals surface area contributed by atoms with Crippen molar-refractivity contribution in [3.63, 3.8) is 0 Å². The van der Waals surface area contributed by atoms with Crippen molar-refractivity contribution >= 4 is 16.0 Å². The van der Waals surface area contributed by atoms with Gasteiger partial charge in [-0.3, -0.25) is 4.79 Å². The Kier molecular flexibility index (Phi) is 6.23. The van der Waals surface area contributed by atoms with Gasteiger partial charge in [0.25, 0.3) is 0 Å². The molecule has 1 atom stereocenters. The number of benzene rings is 1. The first kappa shape index (κ1) is 18.7. The van der Waals surface area contributed by atoms with Crippen LogP contribution >= 0.6 is 0 Å². The van der Waals surface area contributed by atoms with Crippen LogP contribution in [0.5, 0.6) is 5.75 Å². The van der Waals surface area contributed by atoms with Crippen LogP contribution in [0.15, 0.2) is 24.3 Å². The highest BCUT2D eigenvalue weighted by molar-refractivity contribution is 7.87. The van der Waals surface area contributed by atoms with E-state index in [1.807, 2.05) is 0 Å². The highest BCUT2D eigenvalue weighted by atomic mass is 32.2. The summed E-state index contributed by atoms with van der Waals surface area (Å²) in [7, 11) is -3.60. The number of ether oxygens (including phenoxy) is 1. The number of hydrogen-bond acceptors (Lipinski definition) is 5. The van der Waals surface area contributed by atoms with E-state index in [-0.39, 0.29) is 17.8 Å². The van der Waals surface area contributed by atoms with Gasteiger partial charge >= 0.3 is 10.1 Å². The van der Waals surface area contributed by atoms with Gasteiger partial charge in [0.1, 0.15) is 5.75 Å². The molecule has 7 heteroatoms. The van der Waals surface area contributed by atoms with E-state index in [9.17, 15) is 13.2 Å². The highest BCUT2D eigenvalue weighted by Gasteiger charge is 2.21. The molecule has 2 rings (SSSR count). The maximum atomic E-state index is 11.8. The molecular formula is C17H25NO5S. The molecule has 1 saturated heterocycles. The maximum Gasteiger partial charge on any atom is 0.311 e. The molecule has 0 saturated carbocycles. The second-order valence-electron chi connectivity index (χ2n) is 6.30. The van der Waals surface area contributed by atoms with E-state index in [1.165, 1.54) is 0 Å². The number of carbonyl (C=O) groups excluding carboxylic acids is 1. The van der Waals surface area contributed by atoms with Crippen LogP contribution in [0.1, 0.15) is 39.2 Å². The normalized spacial score (nSPS) is 17.9. The topological polar surface area (TPSA) is 72.9 Å². The van der Waals surface area contributed by atoms with Crippen molar-refractivity contribution in [2.45, 2.75) is 51.5 Å². The van der Waals surface area contributed by atoms with Crippen molar-refractivity contribution in [2.75, 3.05) is 13.2 Å². The van der Waals surface area contributed by atoms with Crippen molar-refractivity contribution in [3.8, 4) is 5.75 Å². The van der Waals surface area contributed by atoms with Crippen molar-refractivity contribution in [3.05, 3.63) is 29.8 Å². The van der Waals surface area contributed by atoms with Crippen molar-refractivity contribution in [2.24, 2.45) is 0 Å². The molecule has 1 aliphatic heterocycles. The molecule has 1 heterocycles. The van der Waals surface area contributed by atoms with E-state index >= 15 is 0 Å². The zero-order valence-corrected chi connectivity index (χ0v) is 15.2. The number of carbonyl (C=O) groups is 1. The molecule has 0 N–H and O–H groups in total. The van der Waals surface area contributed by atoms with Gasteiger partial charge in [-0.15, -0.1) is 0 Å². The lowest BCUT2D eigenvalue weighted by Gasteiger charge is -2.24. The van der Waals surface area contributed by atoms with E-state index in [2.05, 4.69) is 0 Å². The Morgan fingerprint density at radius 2 is 2.00 bits per heavy atom. The van der Waals surface area contributed by atoms with Gasteiger partial charge in [0.2, 0.25) is 5.91 Å². The third kappa shape index (κ3) is 5.21. The SMILES string of the molecule is CC(=O)N(Cc1ccc(OS(=O)(=O)C(C)C)cc1)C[C@H]1CCCO1. The monoisotopic (exact) mass is 355 g/mol. The number of rotatable bonds is 7. The summed E-state index contributed by atoms with van der Waals surface area (Å²) in [6.07, 6.45) is 2.11. The number of amides is 1. The van der Waals surface area contributed by atoms with Crippen LogP contribution in [0.2, 0.25) is 0 Å². The number of nitrogens with zero attached hydrogens (tertiary/aromatic N) is 1. The summed E-state index contributed by atoms with van der Waals surface area (Å²) >= 11 is 0. The molecule has 24 heavy (non-hydrogen) atoms. The quantitative estimate of drug-likeness (QED) is 0.702. The minimum absolute atomic E-state index is 0.00629. The Morgan fingerprint density at radius 3 is 2.50 bits per heavy atom. The Morgan fingerprint density at radius 1 is 1.33 bits per heavy atom. The largest absolute Gasteiger partial charge is 0.382 e. The maximum absolute atomic E-state index is 11.8. The predicted octanol–water partition coefficient (Wildman–Crippen LogP) is 2.33. The van der Waals surface area contributed by atoms with Gasteiger partial charge in [0.05, 0.1) is 11.4 Å². The van der Waals surface area contributed by atoms with E-state index < -0.39 is 15.4 Å². The molecule has 1 aromatic rings. The van der Waals surface area contributed by atoms with Crippen molar-refractivity contribution in [1.82, 2.24) is 4.90 Å². The fourth-order valence-corrected chi connectivity index (χ4v) is 3.01. The zero-order valence-electron chi connectivity index (χ0n) is 14.4. The third-order valence-electron chi connectivity index (χ3n) is 3.98. The Balaban J connectivity index is 1.99. The molecular weight excluding hydrogens is 330 g/mol. The molecule has 134 valence electrons. The van der Waals surface area contributed by atoms with Gasteiger partial charge < -0.3 is 13.8 Å². The molecule has 0 spiro atoms. The predicted molar refractivity (Wildman–Crippen MR) is 91.2 cm³/mol. The van der Waals surface area contributed by atoms with Crippen LogP contribution in [0.4, 0.5) is 0 Å². The van der Waals surface area contributed by atoms with Gasteiger partial charge in [0.15, 0.2) is 0 Å². The summed E-state index contributed by atoms with van der Waals surface area (Å²) in [6.45, 7) is 6.48. The first-order chi connectivity index (χ1) is 11.3. The summed E-state index contributed by atoms with van der Waals surface area (Å²) in [5, 5.41) is -0.600.